The Kier molecular flexibility index (Phi) is 6.88. The maximum absolute atomic E-state index is 10.2. The molecule has 3 aromatic rings. The second-order valence-corrected chi connectivity index (χ2v) is 5.45. The Hall–Kier alpha value is -2.48. The highest BCUT2D eigenvalue weighted by Gasteiger charge is 2.07. The number of rotatable bonds is 2. The van der Waals surface area contributed by atoms with Crippen molar-refractivity contribution in [3.05, 3.63) is 70.4 Å². The molecule has 0 atom stereocenters. The van der Waals surface area contributed by atoms with Gasteiger partial charge in [0, 0.05) is 12.1 Å². The van der Waals surface area contributed by atoms with E-state index in [9.17, 15) is 4.79 Å². The summed E-state index contributed by atoms with van der Waals surface area (Å²) in [5.41, 5.74) is 0.669. The summed E-state index contributed by atoms with van der Waals surface area (Å²) in [6, 6.07) is 12.3. The lowest BCUT2D eigenvalue weighted by molar-refractivity contribution is -0.584. The molecule has 3 rings (SSSR count). The van der Waals surface area contributed by atoms with Crippen LogP contribution in [-0.4, -0.2) is 26.2 Å². The van der Waals surface area contributed by atoms with Crippen molar-refractivity contribution in [3.63, 3.8) is 0 Å². The Bertz CT molecular complexity index is 845. The van der Waals surface area contributed by atoms with Crippen LogP contribution in [0.2, 0.25) is 15.6 Å². The van der Waals surface area contributed by atoms with E-state index in [1.54, 1.807) is 30.3 Å². The Labute approximate surface area is 157 Å². The third-order valence-corrected chi connectivity index (χ3v) is 3.31. The summed E-state index contributed by atoms with van der Waals surface area (Å²) in [6.45, 7) is 0. The third kappa shape index (κ3) is 6.15. The van der Waals surface area contributed by atoms with Crippen molar-refractivity contribution in [2.45, 2.75) is 0 Å². The number of aromatic nitrogens is 4. The molecule has 7 nitrogen and oxygen atoms in total. The molecule has 0 aliphatic carbocycles. The zero-order valence-corrected chi connectivity index (χ0v) is 14.7. The second kappa shape index (κ2) is 9.12. The molecule has 0 aliphatic rings. The lowest BCUT2D eigenvalue weighted by Gasteiger charge is -2.06. The van der Waals surface area contributed by atoms with Gasteiger partial charge in [0.15, 0.2) is 12.4 Å². The van der Waals surface area contributed by atoms with Gasteiger partial charge in [-0.25, -0.2) is 0 Å². The van der Waals surface area contributed by atoms with Gasteiger partial charge in [-0.1, -0.05) is 34.4 Å². The summed E-state index contributed by atoms with van der Waals surface area (Å²) >= 11 is 17.2. The first kappa shape index (κ1) is 18.9. The summed E-state index contributed by atoms with van der Waals surface area (Å²) in [6.07, 6.45) is 1.99. The van der Waals surface area contributed by atoms with Gasteiger partial charge in [0.25, 0.3) is 0 Å². The highest BCUT2D eigenvalue weighted by molar-refractivity contribution is 6.33. The fourth-order valence-corrected chi connectivity index (χ4v) is 2.14. The van der Waals surface area contributed by atoms with Gasteiger partial charge < -0.3 is 10.4 Å². The number of pyridine rings is 1. The molecule has 0 unspecified atom stereocenters. The van der Waals surface area contributed by atoms with Crippen LogP contribution >= 0.6 is 34.8 Å². The molecule has 2 aromatic heterocycles. The average Bonchev–Trinajstić information content (AvgIpc) is 2.57. The van der Waals surface area contributed by atoms with E-state index in [0.717, 1.165) is 4.57 Å². The van der Waals surface area contributed by atoms with Gasteiger partial charge in [-0.3, -0.25) is 0 Å². The van der Waals surface area contributed by atoms with Gasteiger partial charge in [-0.2, -0.15) is 19.7 Å². The molecule has 0 amide bonds. The molecule has 0 aliphatic heterocycles. The first-order valence-electron chi connectivity index (χ1n) is 6.74. The molecule has 0 bridgehead atoms. The Balaban J connectivity index is 0.000000212. The first-order valence-corrected chi connectivity index (χ1v) is 7.87. The Morgan fingerprint density at radius 1 is 0.920 bits per heavy atom. The number of hydrogen-bond acceptors (Lipinski definition) is 5. The molecule has 2 N–H and O–H groups in total. The van der Waals surface area contributed by atoms with Crippen molar-refractivity contribution in [2.75, 3.05) is 5.32 Å². The van der Waals surface area contributed by atoms with Crippen LogP contribution in [0.1, 0.15) is 0 Å². The average molecular weight is 400 g/mol. The molecule has 0 radical (unpaired) electrons. The van der Waals surface area contributed by atoms with Crippen molar-refractivity contribution in [1.29, 1.82) is 0 Å². The Morgan fingerprint density at radius 3 is 2.04 bits per heavy atom. The fraction of sp³-hybridized carbons (Fsp3) is 0. The topological polar surface area (TPSA) is 91.9 Å². The number of nitrogens with zero attached hydrogens (tertiary/aromatic N) is 4. The van der Waals surface area contributed by atoms with Crippen LogP contribution in [0.25, 0.3) is 0 Å². The Morgan fingerprint density at radius 2 is 1.52 bits per heavy atom. The van der Waals surface area contributed by atoms with Crippen molar-refractivity contribution in [2.24, 2.45) is 0 Å². The third-order valence-electron chi connectivity index (χ3n) is 2.64. The summed E-state index contributed by atoms with van der Waals surface area (Å²) in [4.78, 5) is 21.5. The van der Waals surface area contributed by atoms with E-state index in [1.807, 2.05) is 12.1 Å². The number of halogens is 3. The molecule has 0 fully saturated rings. The van der Waals surface area contributed by atoms with Crippen LogP contribution in [0, 0.1) is 0 Å². The van der Waals surface area contributed by atoms with Gasteiger partial charge in [0.1, 0.15) is 0 Å². The van der Waals surface area contributed by atoms with Gasteiger partial charge in [-0.15, -0.1) is 0 Å². The molecular formula is C15H11Cl3N5O2+. The van der Waals surface area contributed by atoms with Crippen LogP contribution in [0.3, 0.4) is 0 Å². The number of hydrogen-bond donors (Lipinski definition) is 2. The van der Waals surface area contributed by atoms with Crippen molar-refractivity contribution < 1.29 is 14.5 Å². The lowest BCUT2D eigenvalue weighted by atomic mass is 10.3. The summed E-state index contributed by atoms with van der Waals surface area (Å²) in [5.74, 6) is 0.248. The number of carboxylic acid groups (broad SMARTS) is 1. The normalized spacial score (nSPS) is 9.72. The SMILES string of the molecule is Clc1nc(Cl)nc(Nc2ccccc2Cl)n1.O=C(O)[n+]1ccccc1. The largest absolute Gasteiger partial charge is 0.599 e. The van der Waals surface area contributed by atoms with Crippen LogP contribution in [0.4, 0.5) is 16.4 Å². The summed E-state index contributed by atoms with van der Waals surface area (Å²) in [5, 5.41) is 11.8. The molecule has 0 spiro atoms. The molecule has 0 saturated heterocycles. The molecule has 1 aromatic carbocycles. The molecule has 10 heteroatoms. The zero-order valence-electron chi connectivity index (χ0n) is 12.5. The van der Waals surface area contributed by atoms with Crippen molar-refractivity contribution in [1.82, 2.24) is 15.0 Å². The van der Waals surface area contributed by atoms with Gasteiger partial charge >= 0.3 is 6.09 Å². The molecular weight excluding hydrogens is 389 g/mol. The van der Waals surface area contributed by atoms with E-state index in [2.05, 4.69) is 20.3 Å². The monoisotopic (exact) mass is 398 g/mol. The lowest BCUT2D eigenvalue weighted by Crippen LogP contribution is -2.40. The van der Waals surface area contributed by atoms with Gasteiger partial charge in [0.2, 0.25) is 16.5 Å². The summed E-state index contributed by atoms with van der Waals surface area (Å²) in [7, 11) is 0. The minimum absolute atomic E-state index is 0.0227. The van der Waals surface area contributed by atoms with Gasteiger partial charge in [0.05, 0.1) is 10.7 Å². The minimum atomic E-state index is -0.962. The van der Waals surface area contributed by atoms with E-state index >= 15 is 0 Å². The van der Waals surface area contributed by atoms with Crippen molar-refractivity contribution >= 4 is 52.5 Å². The molecule has 2 heterocycles. The van der Waals surface area contributed by atoms with E-state index in [0.29, 0.717) is 10.7 Å². The van der Waals surface area contributed by atoms with Crippen LogP contribution in [0.5, 0.6) is 0 Å². The van der Waals surface area contributed by atoms with E-state index < -0.39 is 6.09 Å². The quantitative estimate of drug-likeness (QED) is 0.631. The zero-order chi connectivity index (χ0) is 18.2. The predicted molar refractivity (Wildman–Crippen MR) is 94.6 cm³/mol. The summed E-state index contributed by atoms with van der Waals surface area (Å²) < 4.78 is 1.08. The fourth-order valence-electron chi connectivity index (χ4n) is 1.59. The molecule has 128 valence electrons. The first-order chi connectivity index (χ1) is 12.0. The minimum Gasteiger partial charge on any atom is -0.427 e. The van der Waals surface area contributed by atoms with Crippen molar-refractivity contribution in [3.8, 4) is 0 Å². The van der Waals surface area contributed by atoms with Crippen LogP contribution < -0.4 is 9.88 Å². The second-order valence-electron chi connectivity index (χ2n) is 4.37. The standard InChI is InChI=1S/C9H5Cl3N4.C6H5NO2/c10-5-3-1-2-4-6(5)13-9-15-7(11)14-8(12)16-9;8-6(9)7-4-2-1-3-5-7/h1-4H,(H,13,14,15,16);1-5H/p+1. The van der Waals surface area contributed by atoms with E-state index in [4.69, 9.17) is 39.9 Å². The number of nitrogens with one attached hydrogen (secondary N) is 1. The predicted octanol–water partition coefficient (Wildman–Crippen LogP) is 4.08. The maximum Gasteiger partial charge on any atom is 0.599 e. The molecule has 0 saturated carbocycles. The smallest absolute Gasteiger partial charge is 0.427 e. The maximum atomic E-state index is 10.2. The number of benzene rings is 1. The highest BCUT2D eigenvalue weighted by atomic mass is 35.5. The number of para-hydroxylation sites is 1. The van der Waals surface area contributed by atoms with E-state index in [1.165, 1.54) is 12.4 Å². The van der Waals surface area contributed by atoms with Gasteiger partial charge in [-0.05, 0) is 35.3 Å². The van der Waals surface area contributed by atoms with Crippen LogP contribution in [-0.2, 0) is 0 Å². The highest BCUT2D eigenvalue weighted by Crippen LogP contribution is 2.23. The number of anilines is 2. The van der Waals surface area contributed by atoms with Crippen LogP contribution in [0.15, 0.2) is 54.9 Å². The molecule has 25 heavy (non-hydrogen) atoms. The number of carbonyl (C=O) groups is 1. The van der Waals surface area contributed by atoms with E-state index in [-0.39, 0.29) is 16.5 Å².